The molecule has 0 bridgehead atoms. The average molecular weight is 292 g/mol. The number of ether oxygens (including phenoxy) is 2. The Morgan fingerprint density at radius 3 is 2.76 bits per heavy atom. The molecule has 1 aromatic rings. The zero-order chi connectivity index (χ0) is 15.1. The first-order valence-electron chi connectivity index (χ1n) is 7.97. The molecular formula is C17H28N2O2. The molecule has 1 atom stereocenters. The fourth-order valence-corrected chi connectivity index (χ4v) is 2.53. The van der Waals surface area contributed by atoms with Gasteiger partial charge in [-0.2, -0.15) is 0 Å². The summed E-state index contributed by atoms with van der Waals surface area (Å²) in [5.41, 5.74) is 1.27. The Hall–Kier alpha value is -1.10. The number of benzene rings is 1. The van der Waals surface area contributed by atoms with Crippen LogP contribution in [0.1, 0.15) is 26.3 Å². The fourth-order valence-electron chi connectivity index (χ4n) is 2.53. The van der Waals surface area contributed by atoms with Crippen LogP contribution >= 0.6 is 0 Å². The third-order valence-corrected chi connectivity index (χ3v) is 3.67. The largest absolute Gasteiger partial charge is 0.491 e. The number of likely N-dealkylation sites (N-methyl/N-ethyl adjacent to an activating group) is 1. The quantitative estimate of drug-likeness (QED) is 0.836. The Balaban J connectivity index is 1.70. The number of nitrogens with one attached hydrogen (secondary N) is 1. The van der Waals surface area contributed by atoms with Gasteiger partial charge < -0.3 is 14.8 Å². The molecule has 1 N–H and O–H groups in total. The van der Waals surface area contributed by atoms with Gasteiger partial charge in [-0.3, -0.25) is 4.90 Å². The standard InChI is InChI=1S/C17H28N2O2/c1-4-19-9-10-20-17(13-19)12-18-11-15-5-7-16(8-6-15)21-14(2)3/h5-8,14,17-18H,4,9-13H2,1-3H3. The highest BCUT2D eigenvalue weighted by Crippen LogP contribution is 2.13. The smallest absolute Gasteiger partial charge is 0.119 e. The second-order valence-electron chi connectivity index (χ2n) is 5.83. The molecule has 0 spiro atoms. The van der Waals surface area contributed by atoms with Crippen LogP contribution in [0.4, 0.5) is 0 Å². The molecule has 1 heterocycles. The SMILES string of the molecule is CCN1CCOC(CNCc2ccc(OC(C)C)cc2)C1. The molecule has 4 nitrogen and oxygen atoms in total. The Morgan fingerprint density at radius 2 is 2.10 bits per heavy atom. The first-order chi connectivity index (χ1) is 10.2. The van der Waals surface area contributed by atoms with Gasteiger partial charge in [-0.15, -0.1) is 0 Å². The molecule has 1 saturated heterocycles. The van der Waals surface area contributed by atoms with Gasteiger partial charge in [0.05, 0.1) is 18.8 Å². The normalized spacial score (nSPS) is 19.9. The summed E-state index contributed by atoms with van der Waals surface area (Å²) in [6, 6.07) is 8.30. The molecule has 2 rings (SSSR count). The van der Waals surface area contributed by atoms with E-state index in [4.69, 9.17) is 9.47 Å². The van der Waals surface area contributed by atoms with Gasteiger partial charge in [-0.1, -0.05) is 19.1 Å². The third-order valence-electron chi connectivity index (χ3n) is 3.67. The van der Waals surface area contributed by atoms with E-state index in [-0.39, 0.29) is 6.10 Å². The maximum atomic E-state index is 5.79. The van der Waals surface area contributed by atoms with Crippen LogP contribution in [-0.4, -0.2) is 49.9 Å². The lowest BCUT2D eigenvalue weighted by Crippen LogP contribution is -2.46. The Labute approximate surface area is 128 Å². The molecule has 0 radical (unpaired) electrons. The lowest BCUT2D eigenvalue weighted by molar-refractivity contribution is -0.0253. The van der Waals surface area contributed by atoms with Crippen molar-refractivity contribution in [2.24, 2.45) is 0 Å². The van der Waals surface area contributed by atoms with E-state index >= 15 is 0 Å². The van der Waals surface area contributed by atoms with Gasteiger partial charge in [-0.05, 0) is 38.1 Å². The van der Waals surface area contributed by atoms with Crippen LogP contribution in [0.5, 0.6) is 5.75 Å². The predicted octanol–water partition coefficient (Wildman–Crippen LogP) is 2.28. The van der Waals surface area contributed by atoms with Gasteiger partial charge in [0.2, 0.25) is 0 Å². The number of hydrogen-bond acceptors (Lipinski definition) is 4. The molecule has 1 aliphatic heterocycles. The van der Waals surface area contributed by atoms with Crippen molar-refractivity contribution >= 4 is 0 Å². The van der Waals surface area contributed by atoms with E-state index in [1.54, 1.807) is 0 Å². The van der Waals surface area contributed by atoms with Crippen LogP contribution in [0.25, 0.3) is 0 Å². The lowest BCUT2D eigenvalue weighted by atomic mass is 10.2. The van der Waals surface area contributed by atoms with Crippen LogP contribution in [-0.2, 0) is 11.3 Å². The zero-order valence-corrected chi connectivity index (χ0v) is 13.5. The summed E-state index contributed by atoms with van der Waals surface area (Å²) in [7, 11) is 0. The van der Waals surface area contributed by atoms with Gasteiger partial charge in [0, 0.05) is 26.2 Å². The zero-order valence-electron chi connectivity index (χ0n) is 13.5. The van der Waals surface area contributed by atoms with Crippen molar-refractivity contribution in [1.82, 2.24) is 10.2 Å². The van der Waals surface area contributed by atoms with Gasteiger partial charge in [0.15, 0.2) is 0 Å². The molecule has 1 aromatic carbocycles. The maximum absolute atomic E-state index is 5.79. The van der Waals surface area contributed by atoms with Crippen molar-refractivity contribution in [3.05, 3.63) is 29.8 Å². The molecule has 21 heavy (non-hydrogen) atoms. The summed E-state index contributed by atoms with van der Waals surface area (Å²) < 4.78 is 11.4. The molecule has 0 aromatic heterocycles. The topological polar surface area (TPSA) is 33.7 Å². The van der Waals surface area contributed by atoms with Crippen molar-refractivity contribution in [2.45, 2.75) is 39.5 Å². The number of nitrogens with zero attached hydrogens (tertiary/aromatic N) is 1. The molecule has 1 aliphatic rings. The first kappa shape index (κ1) is 16.3. The number of morpholine rings is 1. The minimum Gasteiger partial charge on any atom is -0.491 e. The second kappa shape index (κ2) is 8.37. The molecule has 1 unspecified atom stereocenters. The van der Waals surface area contributed by atoms with Crippen molar-refractivity contribution in [1.29, 1.82) is 0 Å². The van der Waals surface area contributed by atoms with Crippen molar-refractivity contribution < 1.29 is 9.47 Å². The van der Waals surface area contributed by atoms with Crippen molar-refractivity contribution in [3.63, 3.8) is 0 Å². The Kier molecular flexibility index (Phi) is 6.49. The average Bonchev–Trinajstić information content (AvgIpc) is 2.49. The molecule has 0 saturated carbocycles. The summed E-state index contributed by atoms with van der Waals surface area (Å²) in [4.78, 5) is 2.44. The molecule has 4 heteroatoms. The minimum atomic E-state index is 0.221. The highest BCUT2D eigenvalue weighted by atomic mass is 16.5. The first-order valence-corrected chi connectivity index (χ1v) is 7.97. The van der Waals surface area contributed by atoms with Gasteiger partial charge in [0.1, 0.15) is 5.75 Å². The lowest BCUT2D eigenvalue weighted by Gasteiger charge is -2.32. The second-order valence-corrected chi connectivity index (χ2v) is 5.83. The summed E-state index contributed by atoms with van der Waals surface area (Å²) in [6.07, 6.45) is 0.529. The molecule has 0 aliphatic carbocycles. The molecule has 118 valence electrons. The van der Waals surface area contributed by atoms with E-state index in [9.17, 15) is 0 Å². The minimum absolute atomic E-state index is 0.221. The van der Waals surface area contributed by atoms with Crippen LogP contribution < -0.4 is 10.1 Å². The Morgan fingerprint density at radius 1 is 1.33 bits per heavy atom. The fraction of sp³-hybridized carbons (Fsp3) is 0.647. The molecule has 0 amide bonds. The van der Waals surface area contributed by atoms with Crippen molar-refractivity contribution in [2.75, 3.05) is 32.8 Å². The van der Waals surface area contributed by atoms with E-state index in [1.807, 2.05) is 26.0 Å². The third kappa shape index (κ3) is 5.65. The highest BCUT2D eigenvalue weighted by molar-refractivity contribution is 5.27. The Bertz CT molecular complexity index is 406. The van der Waals surface area contributed by atoms with E-state index in [2.05, 4.69) is 29.3 Å². The van der Waals surface area contributed by atoms with Crippen LogP contribution in [0.15, 0.2) is 24.3 Å². The summed E-state index contributed by atoms with van der Waals surface area (Å²) in [5, 5.41) is 3.48. The monoisotopic (exact) mass is 292 g/mol. The number of rotatable bonds is 7. The van der Waals surface area contributed by atoms with Crippen LogP contribution in [0, 0.1) is 0 Å². The van der Waals surface area contributed by atoms with Gasteiger partial charge in [-0.25, -0.2) is 0 Å². The van der Waals surface area contributed by atoms with E-state index in [0.717, 1.165) is 45.1 Å². The van der Waals surface area contributed by atoms with Gasteiger partial charge >= 0.3 is 0 Å². The van der Waals surface area contributed by atoms with E-state index in [1.165, 1.54) is 5.56 Å². The van der Waals surface area contributed by atoms with E-state index in [0.29, 0.717) is 6.10 Å². The molecule has 1 fully saturated rings. The van der Waals surface area contributed by atoms with Crippen LogP contribution in [0.2, 0.25) is 0 Å². The maximum Gasteiger partial charge on any atom is 0.119 e. The summed E-state index contributed by atoms with van der Waals surface area (Å²) in [5.74, 6) is 0.933. The highest BCUT2D eigenvalue weighted by Gasteiger charge is 2.18. The van der Waals surface area contributed by atoms with Gasteiger partial charge in [0.25, 0.3) is 0 Å². The summed E-state index contributed by atoms with van der Waals surface area (Å²) in [6.45, 7) is 12.1. The van der Waals surface area contributed by atoms with E-state index < -0.39 is 0 Å². The van der Waals surface area contributed by atoms with Crippen molar-refractivity contribution in [3.8, 4) is 5.75 Å². The molecular weight excluding hydrogens is 264 g/mol. The predicted molar refractivity (Wildman–Crippen MR) is 85.8 cm³/mol. The van der Waals surface area contributed by atoms with Crippen LogP contribution in [0.3, 0.4) is 0 Å². The number of hydrogen-bond donors (Lipinski definition) is 1. The summed E-state index contributed by atoms with van der Waals surface area (Å²) >= 11 is 0.